The molecule has 0 spiro atoms. The van der Waals surface area contributed by atoms with E-state index in [1.165, 1.54) is 6.20 Å². The Hall–Kier alpha value is -2.11. The number of hydrogen-bond donors (Lipinski definition) is 2. The molecule has 0 radical (unpaired) electrons. The fraction of sp³-hybridized carbons (Fsp3) is 0.222. The van der Waals surface area contributed by atoms with E-state index in [4.69, 9.17) is 0 Å². The smallest absolute Gasteiger partial charge is 0.248 e. The number of anilines is 1. The molecule has 2 aromatic rings. The lowest BCUT2D eigenvalue weighted by molar-refractivity contribution is -0.118. The van der Waals surface area contributed by atoms with Gasteiger partial charge in [-0.05, 0) is 19.1 Å². The second-order valence-corrected chi connectivity index (χ2v) is 3.15. The Kier molecular flexibility index (Phi) is 2.49. The van der Waals surface area contributed by atoms with E-state index in [2.05, 4.69) is 20.7 Å². The topological polar surface area (TPSA) is 75.6 Å². The van der Waals surface area contributed by atoms with Gasteiger partial charge in [-0.15, -0.1) is 5.10 Å². The van der Waals surface area contributed by atoms with E-state index in [1.54, 1.807) is 0 Å². The molecule has 1 atom stereocenters. The first-order valence-electron chi connectivity index (χ1n) is 4.56. The Labute approximate surface area is 86.3 Å². The van der Waals surface area contributed by atoms with Crippen molar-refractivity contribution in [1.29, 1.82) is 0 Å². The van der Waals surface area contributed by atoms with E-state index in [-0.39, 0.29) is 11.9 Å². The van der Waals surface area contributed by atoms with Crippen LogP contribution in [0.2, 0.25) is 0 Å². The van der Waals surface area contributed by atoms with Gasteiger partial charge in [0.15, 0.2) is 5.82 Å². The average molecular weight is 205 g/mol. The van der Waals surface area contributed by atoms with Crippen LogP contribution in [-0.2, 0) is 4.79 Å². The summed E-state index contributed by atoms with van der Waals surface area (Å²) in [6.07, 6.45) is 5.14. The van der Waals surface area contributed by atoms with Crippen molar-refractivity contribution in [2.75, 3.05) is 5.32 Å². The fourth-order valence-electron chi connectivity index (χ4n) is 1.23. The van der Waals surface area contributed by atoms with E-state index in [0.29, 0.717) is 5.82 Å². The third-order valence-corrected chi connectivity index (χ3v) is 2.12. The molecule has 1 unspecified atom stereocenters. The van der Waals surface area contributed by atoms with E-state index in [9.17, 15) is 4.79 Å². The first kappa shape index (κ1) is 9.45. The maximum Gasteiger partial charge on any atom is 0.248 e. The zero-order valence-electron chi connectivity index (χ0n) is 8.21. The summed E-state index contributed by atoms with van der Waals surface area (Å²) >= 11 is 0. The Morgan fingerprint density at radius 1 is 1.53 bits per heavy atom. The summed E-state index contributed by atoms with van der Waals surface area (Å²) in [5.41, 5.74) is 0. The largest absolute Gasteiger partial charge is 0.342 e. The second-order valence-electron chi connectivity index (χ2n) is 3.15. The van der Waals surface area contributed by atoms with Crippen LogP contribution in [0.15, 0.2) is 30.7 Å². The SMILES string of the molecule is CC(C(=O)Nc1cn[nH]n1)n1cccc1. The molecule has 15 heavy (non-hydrogen) atoms. The van der Waals surface area contributed by atoms with Crippen molar-refractivity contribution in [3.8, 4) is 0 Å². The van der Waals surface area contributed by atoms with Crippen molar-refractivity contribution in [3.05, 3.63) is 30.7 Å². The van der Waals surface area contributed by atoms with Crippen molar-refractivity contribution in [3.63, 3.8) is 0 Å². The van der Waals surface area contributed by atoms with Crippen molar-refractivity contribution in [1.82, 2.24) is 20.0 Å². The van der Waals surface area contributed by atoms with Crippen LogP contribution >= 0.6 is 0 Å². The molecule has 0 aliphatic heterocycles. The van der Waals surface area contributed by atoms with Gasteiger partial charge in [-0.1, -0.05) is 0 Å². The first-order chi connectivity index (χ1) is 7.27. The lowest BCUT2D eigenvalue weighted by Crippen LogP contribution is -2.22. The molecule has 1 amide bonds. The highest BCUT2D eigenvalue weighted by atomic mass is 16.2. The van der Waals surface area contributed by atoms with Crippen molar-refractivity contribution in [2.45, 2.75) is 13.0 Å². The molecule has 6 heteroatoms. The minimum absolute atomic E-state index is 0.125. The quantitative estimate of drug-likeness (QED) is 0.778. The monoisotopic (exact) mass is 205 g/mol. The van der Waals surface area contributed by atoms with Gasteiger partial charge in [0.05, 0.1) is 6.20 Å². The summed E-state index contributed by atoms with van der Waals surface area (Å²) in [6, 6.07) is 3.48. The van der Waals surface area contributed by atoms with Gasteiger partial charge in [0.2, 0.25) is 5.91 Å². The summed E-state index contributed by atoms with van der Waals surface area (Å²) < 4.78 is 1.81. The first-order valence-corrected chi connectivity index (χ1v) is 4.56. The number of aromatic amines is 1. The molecule has 0 bridgehead atoms. The third kappa shape index (κ3) is 2.04. The number of aromatic nitrogens is 4. The van der Waals surface area contributed by atoms with Gasteiger partial charge in [-0.25, -0.2) is 0 Å². The Bertz CT molecular complexity index is 419. The maximum atomic E-state index is 11.7. The molecule has 0 aliphatic carbocycles. The van der Waals surface area contributed by atoms with Gasteiger partial charge in [0, 0.05) is 12.4 Å². The average Bonchev–Trinajstić information content (AvgIpc) is 2.88. The van der Waals surface area contributed by atoms with Crippen LogP contribution in [0.3, 0.4) is 0 Å². The molecule has 6 nitrogen and oxygen atoms in total. The van der Waals surface area contributed by atoms with Crippen molar-refractivity contribution < 1.29 is 4.79 Å². The van der Waals surface area contributed by atoms with Crippen molar-refractivity contribution >= 4 is 11.7 Å². The van der Waals surface area contributed by atoms with Gasteiger partial charge >= 0.3 is 0 Å². The van der Waals surface area contributed by atoms with E-state index in [0.717, 1.165) is 0 Å². The van der Waals surface area contributed by atoms with Gasteiger partial charge in [-0.2, -0.15) is 10.3 Å². The lowest BCUT2D eigenvalue weighted by atomic mass is 10.3. The normalized spacial score (nSPS) is 12.3. The van der Waals surface area contributed by atoms with Crippen LogP contribution in [0.4, 0.5) is 5.82 Å². The molecule has 2 N–H and O–H groups in total. The van der Waals surface area contributed by atoms with Crippen molar-refractivity contribution in [2.24, 2.45) is 0 Å². The second kappa shape index (κ2) is 3.95. The molecular weight excluding hydrogens is 194 g/mol. The third-order valence-electron chi connectivity index (χ3n) is 2.12. The minimum atomic E-state index is -0.267. The molecule has 0 saturated heterocycles. The van der Waals surface area contributed by atoms with E-state index < -0.39 is 0 Å². The molecule has 0 saturated carbocycles. The summed E-state index contributed by atoms with van der Waals surface area (Å²) in [6.45, 7) is 1.81. The molecule has 2 heterocycles. The zero-order chi connectivity index (χ0) is 10.7. The number of amides is 1. The molecular formula is C9H11N5O. The van der Waals surface area contributed by atoms with Crippen LogP contribution in [0, 0.1) is 0 Å². The maximum absolute atomic E-state index is 11.7. The highest BCUT2D eigenvalue weighted by molar-refractivity contribution is 5.92. The zero-order valence-corrected chi connectivity index (χ0v) is 8.21. The summed E-state index contributed by atoms with van der Waals surface area (Å²) in [5, 5.41) is 12.4. The standard InChI is InChI=1S/C9H11N5O/c1-7(14-4-2-3-5-14)9(15)11-8-6-10-13-12-8/h2-7H,1H3,(H2,10,11,12,13,15). The fourth-order valence-corrected chi connectivity index (χ4v) is 1.23. The molecule has 0 aromatic carbocycles. The van der Waals surface area contributed by atoms with Gasteiger partial charge in [-0.3, -0.25) is 4.79 Å². The Morgan fingerprint density at radius 3 is 2.87 bits per heavy atom. The summed E-state index contributed by atoms with van der Waals surface area (Å²) in [7, 11) is 0. The summed E-state index contributed by atoms with van der Waals surface area (Å²) in [5.74, 6) is 0.305. The number of nitrogens with zero attached hydrogens (tertiary/aromatic N) is 3. The van der Waals surface area contributed by atoms with Crippen LogP contribution < -0.4 is 5.32 Å². The number of carbonyl (C=O) groups is 1. The van der Waals surface area contributed by atoms with Crippen LogP contribution in [0.1, 0.15) is 13.0 Å². The number of rotatable bonds is 3. The predicted molar refractivity (Wildman–Crippen MR) is 54.2 cm³/mol. The van der Waals surface area contributed by atoms with Gasteiger partial charge < -0.3 is 9.88 Å². The Morgan fingerprint density at radius 2 is 2.27 bits per heavy atom. The van der Waals surface area contributed by atoms with Gasteiger partial charge in [0.1, 0.15) is 6.04 Å². The van der Waals surface area contributed by atoms with Gasteiger partial charge in [0.25, 0.3) is 0 Å². The lowest BCUT2D eigenvalue weighted by Gasteiger charge is -2.11. The van der Waals surface area contributed by atoms with Crippen LogP contribution in [0.25, 0.3) is 0 Å². The molecule has 0 fully saturated rings. The number of carbonyl (C=O) groups excluding carboxylic acids is 1. The highest BCUT2D eigenvalue weighted by Crippen LogP contribution is 2.08. The number of H-pyrrole nitrogens is 1. The molecule has 2 rings (SSSR count). The van der Waals surface area contributed by atoms with Crippen LogP contribution in [-0.4, -0.2) is 25.9 Å². The summed E-state index contributed by atoms with van der Waals surface area (Å²) in [4.78, 5) is 11.7. The number of hydrogen-bond acceptors (Lipinski definition) is 3. The van der Waals surface area contributed by atoms with Crippen LogP contribution in [0.5, 0.6) is 0 Å². The van der Waals surface area contributed by atoms with E-state index in [1.807, 2.05) is 36.0 Å². The minimum Gasteiger partial charge on any atom is -0.342 e. The molecule has 2 aromatic heterocycles. The highest BCUT2D eigenvalue weighted by Gasteiger charge is 2.14. The molecule has 0 aliphatic rings. The Balaban J connectivity index is 2.03. The predicted octanol–water partition coefficient (Wildman–Crippen LogP) is 0.806. The number of nitrogens with one attached hydrogen (secondary N) is 2. The van der Waals surface area contributed by atoms with E-state index >= 15 is 0 Å². The molecule has 78 valence electrons.